The number of hydrogen-bond acceptors (Lipinski definition) is 4. The van der Waals surface area contributed by atoms with Crippen molar-refractivity contribution in [1.29, 1.82) is 0 Å². The van der Waals surface area contributed by atoms with E-state index in [0.29, 0.717) is 5.69 Å². The monoisotopic (exact) mass is 268 g/mol. The predicted octanol–water partition coefficient (Wildman–Crippen LogP) is 0.840. The number of nitrogens with one attached hydrogen (secondary N) is 1. The lowest BCUT2D eigenvalue weighted by Crippen LogP contribution is -2.34. The molecule has 0 radical (unpaired) electrons. The van der Waals surface area contributed by atoms with Crippen LogP contribution >= 0.6 is 0 Å². The highest BCUT2D eigenvalue weighted by Gasteiger charge is 2.08. The van der Waals surface area contributed by atoms with Gasteiger partial charge in [0.05, 0.1) is 12.2 Å². The summed E-state index contributed by atoms with van der Waals surface area (Å²) in [7, 11) is 5.84. The molecule has 0 spiro atoms. The fraction of sp³-hybridized carbons (Fsp3) is 0.462. The number of anilines is 2. The first-order valence-electron chi connectivity index (χ1n) is 6.06. The van der Waals surface area contributed by atoms with Crippen LogP contribution in [0.2, 0.25) is 0 Å². The van der Waals surface area contributed by atoms with Crippen molar-refractivity contribution in [3.05, 3.63) is 24.0 Å². The Balaban J connectivity index is 2.44. The Morgan fingerprint density at radius 1 is 1.32 bits per heavy atom. The lowest BCUT2D eigenvalue weighted by Gasteiger charge is -2.18. The molecule has 0 aromatic heterocycles. The van der Waals surface area contributed by atoms with Gasteiger partial charge in [-0.05, 0) is 39.3 Å². The zero-order chi connectivity index (χ0) is 14.4. The Labute approximate surface area is 113 Å². The number of halogens is 1. The van der Waals surface area contributed by atoms with Crippen LogP contribution in [0.15, 0.2) is 18.2 Å². The number of carbonyl (C=O) groups excluding carboxylic acids is 1. The predicted molar refractivity (Wildman–Crippen MR) is 75.5 cm³/mol. The van der Waals surface area contributed by atoms with Crippen molar-refractivity contribution in [2.75, 3.05) is 51.8 Å². The Morgan fingerprint density at radius 2 is 2.00 bits per heavy atom. The van der Waals surface area contributed by atoms with Gasteiger partial charge >= 0.3 is 0 Å². The Bertz CT molecular complexity index is 437. The van der Waals surface area contributed by atoms with Crippen molar-refractivity contribution >= 4 is 17.3 Å². The summed E-state index contributed by atoms with van der Waals surface area (Å²) in [5, 5.41) is 2.69. The molecule has 6 heteroatoms. The SMILES string of the molecule is CN(C)CCN(C)CC(=O)Nc1ccc(F)c(N)c1. The van der Waals surface area contributed by atoms with Gasteiger partial charge in [-0.1, -0.05) is 0 Å². The smallest absolute Gasteiger partial charge is 0.238 e. The fourth-order valence-corrected chi connectivity index (χ4v) is 1.52. The number of rotatable bonds is 6. The van der Waals surface area contributed by atoms with Crippen molar-refractivity contribution in [3.8, 4) is 0 Å². The van der Waals surface area contributed by atoms with Crippen LogP contribution in [0.1, 0.15) is 0 Å². The quantitative estimate of drug-likeness (QED) is 0.751. The van der Waals surface area contributed by atoms with E-state index in [0.717, 1.165) is 13.1 Å². The third kappa shape index (κ3) is 5.67. The summed E-state index contributed by atoms with van der Waals surface area (Å²) >= 11 is 0. The average molecular weight is 268 g/mol. The van der Waals surface area contributed by atoms with E-state index in [9.17, 15) is 9.18 Å². The highest BCUT2D eigenvalue weighted by Crippen LogP contribution is 2.16. The van der Waals surface area contributed by atoms with E-state index < -0.39 is 5.82 Å². The molecule has 0 aliphatic rings. The van der Waals surface area contributed by atoms with Crippen molar-refractivity contribution in [2.45, 2.75) is 0 Å². The zero-order valence-electron chi connectivity index (χ0n) is 11.6. The van der Waals surface area contributed by atoms with Gasteiger partial charge in [-0.15, -0.1) is 0 Å². The topological polar surface area (TPSA) is 61.6 Å². The van der Waals surface area contributed by atoms with Crippen LogP contribution in [0.25, 0.3) is 0 Å². The minimum atomic E-state index is -0.485. The van der Waals surface area contributed by atoms with E-state index in [1.807, 2.05) is 26.0 Å². The lowest BCUT2D eigenvalue weighted by molar-refractivity contribution is -0.117. The molecule has 19 heavy (non-hydrogen) atoms. The van der Waals surface area contributed by atoms with Gasteiger partial charge in [-0.2, -0.15) is 0 Å². The van der Waals surface area contributed by atoms with E-state index in [2.05, 4.69) is 10.2 Å². The molecule has 0 saturated carbocycles. The molecule has 0 aliphatic carbocycles. The molecule has 0 atom stereocenters. The number of carbonyl (C=O) groups is 1. The summed E-state index contributed by atoms with van der Waals surface area (Å²) in [6.45, 7) is 1.96. The van der Waals surface area contributed by atoms with Crippen LogP contribution in [0, 0.1) is 5.82 Å². The molecule has 1 aromatic carbocycles. The normalized spacial score (nSPS) is 11.1. The third-order valence-electron chi connectivity index (χ3n) is 2.62. The van der Waals surface area contributed by atoms with Gasteiger partial charge in [-0.3, -0.25) is 9.69 Å². The molecule has 1 amide bonds. The molecule has 0 saturated heterocycles. The maximum absolute atomic E-state index is 13.0. The molecular weight excluding hydrogens is 247 g/mol. The summed E-state index contributed by atoms with van der Waals surface area (Å²) < 4.78 is 13.0. The van der Waals surface area contributed by atoms with E-state index >= 15 is 0 Å². The van der Waals surface area contributed by atoms with Crippen LogP contribution < -0.4 is 11.1 Å². The molecule has 106 valence electrons. The molecular formula is C13H21FN4O. The molecule has 5 nitrogen and oxygen atoms in total. The molecule has 0 bridgehead atoms. The second kappa shape index (κ2) is 7.06. The van der Waals surface area contributed by atoms with E-state index in [4.69, 9.17) is 5.73 Å². The summed E-state index contributed by atoms with van der Waals surface area (Å²) in [4.78, 5) is 15.7. The van der Waals surface area contributed by atoms with E-state index in [-0.39, 0.29) is 18.1 Å². The standard InChI is InChI=1S/C13H21FN4O/c1-17(2)6-7-18(3)9-13(19)16-10-4-5-11(14)12(15)8-10/h4-5,8H,6-7,9,15H2,1-3H3,(H,16,19). The summed E-state index contributed by atoms with van der Waals surface area (Å²) in [6.07, 6.45) is 0. The van der Waals surface area contributed by atoms with Crippen LogP contribution in [0.3, 0.4) is 0 Å². The second-order valence-electron chi connectivity index (χ2n) is 4.83. The minimum absolute atomic E-state index is 0.0266. The van der Waals surface area contributed by atoms with E-state index in [1.165, 1.54) is 18.2 Å². The number of likely N-dealkylation sites (N-methyl/N-ethyl adjacent to an activating group) is 2. The molecule has 1 aromatic rings. The van der Waals surface area contributed by atoms with Crippen molar-refractivity contribution in [2.24, 2.45) is 0 Å². The number of nitrogens with zero attached hydrogens (tertiary/aromatic N) is 2. The number of amides is 1. The summed E-state index contributed by atoms with van der Waals surface area (Å²) in [6, 6.07) is 4.14. The van der Waals surface area contributed by atoms with Crippen molar-refractivity contribution in [3.63, 3.8) is 0 Å². The van der Waals surface area contributed by atoms with Gasteiger partial charge in [0.25, 0.3) is 0 Å². The van der Waals surface area contributed by atoms with Gasteiger partial charge in [-0.25, -0.2) is 4.39 Å². The molecule has 0 fully saturated rings. The number of benzene rings is 1. The molecule has 0 aliphatic heterocycles. The Morgan fingerprint density at radius 3 is 2.58 bits per heavy atom. The zero-order valence-corrected chi connectivity index (χ0v) is 11.6. The number of hydrogen-bond donors (Lipinski definition) is 2. The maximum atomic E-state index is 13.0. The van der Waals surface area contributed by atoms with Crippen LogP contribution in [-0.2, 0) is 4.79 Å². The molecule has 0 heterocycles. The van der Waals surface area contributed by atoms with Crippen LogP contribution in [0.5, 0.6) is 0 Å². The van der Waals surface area contributed by atoms with Crippen LogP contribution in [-0.4, -0.2) is 56.5 Å². The third-order valence-corrected chi connectivity index (χ3v) is 2.62. The number of nitrogen functional groups attached to an aromatic ring is 1. The Kier molecular flexibility index (Phi) is 5.72. The van der Waals surface area contributed by atoms with Crippen molar-refractivity contribution in [1.82, 2.24) is 9.80 Å². The maximum Gasteiger partial charge on any atom is 0.238 e. The number of nitrogens with two attached hydrogens (primary N) is 1. The Hall–Kier alpha value is -1.66. The largest absolute Gasteiger partial charge is 0.396 e. The van der Waals surface area contributed by atoms with Gasteiger partial charge in [0.2, 0.25) is 5.91 Å². The first kappa shape index (κ1) is 15.4. The minimum Gasteiger partial charge on any atom is -0.396 e. The summed E-state index contributed by atoms with van der Waals surface area (Å²) in [5.41, 5.74) is 5.97. The van der Waals surface area contributed by atoms with Crippen molar-refractivity contribution < 1.29 is 9.18 Å². The molecule has 1 rings (SSSR count). The van der Waals surface area contributed by atoms with Crippen LogP contribution in [0.4, 0.5) is 15.8 Å². The van der Waals surface area contributed by atoms with Gasteiger partial charge in [0, 0.05) is 18.8 Å². The first-order valence-corrected chi connectivity index (χ1v) is 6.06. The van der Waals surface area contributed by atoms with E-state index in [1.54, 1.807) is 0 Å². The van der Waals surface area contributed by atoms with Gasteiger partial charge < -0.3 is 16.0 Å². The van der Waals surface area contributed by atoms with Gasteiger partial charge in [0.1, 0.15) is 5.82 Å². The molecule has 3 N–H and O–H groups in total. The molecule has 0 unspecified atom stereocenters. The van der Waals surface area contributed by atoms with Gasteiger partial charge in [0.15, 0.2) is 0 Å². The first-order chi connectivity index (χ1) is 8.88. The highest BCUT2D eigenvalue weighted by atomic mass is 19.1. The lowest BCUT2D eigenvalue weighted by atomic mass is 10.2. The fourth-order valence-electron chi connectivity index (χ4n) is 1.52. The summed E-state index contributed by atoms with van der Waals surface area (Å²) in [5.74, 6) is -0.631. The highest BCUT2D eigenvalue weighted by molar-refractivity contribution is 5.92. The second-order valence-corrected chi connectivity index (χ2v) is 4.83. The average Bonchev–Trinajstić information content (AvgIpc) is 2.31.